The lowest BCUT2D eigenvalue weighted by Crippen LogP contribution is -2.37. The Kier molecular flexibility index (Phi) is 6.39. The molecule has 0 aliphatic heterocycles. The third kappa shape index (κ3) is 5.57. The van der Waals surface area contributed by atoms with Gasteiger partial charge in [0.25, 0.3) is 0 Å². The third-order valence-electron chi connectivity index (χ3n) is 2.81. The fourth-order valence-electron chi connectivity index (χ4n) is 2.01. The summed E-state index contributed by atoms with van der Waals surface area (Å²) >= 11 is 6.12. The Bertz CT molecular complexity index is 535. The van der Waals surface area contributed by atoms with Gasteiger partial charge in [-0.15, -0.1) is 6.58 Å². The lowest BCUT2D eigenvalue weighted by molar-refractivity contribution is -0.138. The number of amides is 1. The molecule has 5 nitrogen and oxygen atoms in total. The predicted molar refractivity (Wildman–Crippen MR) is 83.8 cm³/mol. The van der Waals surface area contributed by atoms with Gasteiger partial charge < -0.3 is 10.4 Å². The Morgan fingerprint density at radius 3 is 2.57 bits per heavy atom. The maximum atomic E-state index is 12.0. The zero-order valence-corrected chi connectivity index (χ0v) is 12.9. The number of benzene rings is 1. The standard InChI is InChI=1S/C15H19ClN2O3/c1-4-5-18(9-14(20)21)8-13(19)17-15-11(3)6-10(2)7-12(15)16/h4,6-7H,1,5,8-9H2,2-3H3,(H,17,19)(H,20,21). The molecule has 0 atom stereocenters. The lowest BCUT2D eigenvalue weighted by atomic mass is 10.1. The van der Waals surface area contributed by atoms with Gasteiger partial charge in [-0.2, -0.15) is 0 Å². The molecule has 0 spiro atoms. The molecule has 1 amide bonds. The van der Waals surface area contributed by atoms with E-state index in [0.29, 0.717) is 17.3 Å². The molecule has 2 N–H and O–H groups in total. The van der Waals surface area contributed by atoms with Crippen LogP contribution in [0.25, 0.3) is 0 Å². The zero-order valence-electron chi connectivity index (χ0n) is 12.1. The summed E-state index contributed by atoms with van der Waals surface area (Å²) in [6.45, 7) is 7.38. The first-order chi connectivity index (χ1) is 9.83. The minimum Gasteiger partial charge on any atom is -0.480 e. The summed E-state index contributed by atoms with van der Waals surface area (Å²) in [7, 11) is 0. The summed E-state index contributed by atoms with van der Waals surface area (Å²) in [5, 5.41) is 12.0. The third-order valence-corrected chi connectivity index (χ3v) is 3.11. The number of halogens is 1. The van der Waals surface area contributed by atoms with E-state index in [-0.39, 0.29) is 19.0 Å². The van der Waals surface area contributed by atoms with Gasteiger partial charge in [-0.25, -0.2) is 0 Å². The number of aryl methyl sites for hydroxylation is 2. The maximum Gasteiger partial charge on any atom is 0.317 e. The van der Waals surface area contributed by atoms with Crippen LogP contribution in [-0.2, 0) is 9.59 Å². The zero-order chi connectivity index (χ0) is 16.0. The van der Waals surface area contributed by atoms with Gasteiger partial charge in [0.05, 0.1) is 23.8 Å². The molecule has 1 aromatic rings. The van der Waals surface area contributed by atoms with E-state index in [1.165, 1.54) is 4.90 Å². The van der Waals surface area contributed by atoms with Crippen LogP contribution in [0.15, 0.2) is 24.8 Å². The van der Waals surface area contributed by atoms with Crippen molar-refractivity contribution in [1.29, 1.82) is 0 Å². The van der Waals surface area contributed by atoms with Crippen molar-refractivity contribution in [2.75, 3.05) is 25.0 Å². The summed E-state index contributed by atoms with van der Waals surface area (Å²) in [6, 6.07) is 3.68. The summed E-state index contributed by atoms with van der Waals surface area (Å²) in [5.74, 6) is -1.30. The van der Waals surface area contributed by atoms with E-state index in [2.05, 4.69) is 11.9 Å². The van der Waals surface area contributed by atoms with E-state index in [9.17, 15) is 9.59 Å². The van der Waals surface area contributed by atoms with Crippen molar-refractivity contribution in [3.05, 3.63) is 40.9 Å². The van der Waals surface area contributed by atoms with Crippen molar-refractivity contribution in [2.45, 2.75) is 13.8 Å². The topological polar surface area (TPSA) is 69.6 Å². The molecule has 6 heteroatoms. The van der Waals surface area contributed by atoms with Gasteiger partial charge in [0, 0.05) is 6.54 Å². The van der Waals surface area contributed by atoms with Crippen LogP contribution in [0, 0.1) is 13.8 Å². The molecule has 0 fully saturated rings. The molecule has 0 radical (unpaired) electrons. The molecule has 0 unspecified atom stereocenters. The SMILES string of the molecule is C=CCN(CC(=O)O)CC(=O)Nc1c(C)cc(C)cc1Cl. The average molecular weight is 311 g/mol. The van der Waals surface area contributed by atoms with Crippen molar-refractivity contribution >= 4 is 29.2 Å². The van der Waals surface area contributed by atoms with E-state index in [4.69, 9.17) is 16.7 Å². The number of aliphatic carboxylic acids is 1. The number of hydrogen-bond donors (Lipinski definition) is 2. The first kappa shape index (κ1) is 17.2. The number of carbonyl (C=O) groups excluding carboxylic acids is 1. The first-order valence-electron chi connectivity index (χ1n) is 6.45. The van der Waals surface area contributed by atoms with Crippen molar-refractivity contribution in [1.82, 2.24) is 4.90 Å². The van der Waals surface area contributed by atoms with Gasteiger partial charge in [0.2, 0.25) is 5.91 Å². The van der Waals surface area contributed by atoms with E-state index in [0.717, 1.165) is 11.1 Å². The predicted octanol–water partition coefficient (Wildman–Crippen LogP) is 2.47. The second kappa shape index (κ2) is 7.81. The Balaban J connectivity index is 2.76. The second-order valence-electron chi connectivity index (χ2n) is 4.84. The van der Waals surface area contributed by atoms with E-state index >= 15 is 0 Å². The van der Waals surface area contributed by atoms with Crippen LogP contribution < -0.4 is 5.32 Å². The molecule has 0 aromatic heterocycles. The highest BCUT2D eigenvalue weighted by Crippen LogP contribution is 2.27. The van der Waals surface area contributed by atoms with Crippen LogP contribution in [0.4, 0.5) is 5.69 Å². The van der Waals surface area contributed by atoms with Crippen molar-refractivity contribution < 1.29 is 14.7 Å². The highest BCUT2D eigenvalue weighted by atomic mass is 35.5. The quantitative estimate of drug-likeness (QED) is 0.759. The van der Waals surface area contributed by atoms with Crippen LogP contribution >= 0.6 is 11.6 Å². The fraction of sp³-hybridized carbons (Fsp3) is 0.333. The van der Waals surface area contributed by atoms with Crippen LogP contribution in [-0.4, -0.2) is 41.5 Å². The van der Waals surface area contributed by atoms with Crippen molar-refractivity contribution in [3.63, 3.8) is 0 Å². The Hall–Kier alpha value is -1.85. The monoisotopic (exact) mass is 310 g/mol. The van der Waals surface area contributed by atoms with E-state index in [1.54, 1.807) is 12.1 Å². The molecule has 21 heavy (non-hydrogen) atoms. The highest BCUT2D eigenvalue weighted by molar-refractivity contribution is 6.34. The molecular weight excluding hydrogens is 292 g/mol. The average Bonchev–Trinajstić information content (AvgIpc) is 2.33. The van der Waals surface area contributed by atoms with Crippen molar-refractivity contribution in [3.8, 4) is 0 Å². The molecule has 0 aliphatic carbocycles. The number of anilines is 1. The number of carbonyl (C=O) groups is 2. The minimum atomic E-state index is -0.991. The minimum absolute atomic E-state index is 0.0397. The van der Waals surface area contributed by atoms with Crippen LogP contribution in [0.5, 0.6) is 0 Å². The van der Waals surface area contributed by atoms with Gasteiger partial charge in [-0.05, 0) is 31.0 Å². The van der Waals surface area contributed by atoms with Crippen LogP contribution in [0.2, 0.25) is 5.02 Å². The van der Waals surface area contributed by atoms with Gasteiger partial charge >= 0.3 is 5.97 Å². The van der Waals surface area contributed by atoms with Gasteiger partial charge in [0.1, 0.15) is 0 Å². The second-order valence-corrected chi connectivity index (χ2v) is 5.25. The lowest BCUT2D eigenvalue weighted by Gasteiger charge is -2.18. The first-order valence-corrected chi connectivity index (χ1v) is 6.83. The van der Waals surface area contributed by atoms with Crippen molar-refractivity contribution in [2.24, 2.45) is 0 Å². The van der Waals surface area contributed by atoms with Gasteiger partial charge in [-0.1, -0.05) is 23.7 Å². The summed E-state index contributed by atoms with van der Waals surface area (Å²) in [4.78, 5) is 24.2. The molecule has 1 aromatic carbocycles. The molecule has 0 heterocycles. The van der Waals surface area contributed by atoms with Gasteiger partial charge in [0.15, 0.2) is 0 Å². The summed E-state index contributed by atoms with van der Waals surface area (Å²) < 4.78 is 0. The summed E-state index contributed by atoms with van der Waals surface area (Å²) in [5.41, 5.74) is 2.43. The fourth-order valence-corrected chi connectivity index (χ4v) is 2.38. The molecule has 0 aliphatic rings. The van der Waals surface area contributed by atoms with Crippen LogP contribution in [0.1, 0.15) is 11.1 Å². The van der Waals surface area contributed by atoms with Gasteiger partial charge in [-0.3, -0.25) is 14.5 Å². The smallest absolute Gasteiger partial charge is 0.317 e. The molecule has 0 bridgehead atoms. The Labute approximate surface area is 129 Å². The molecular formula is C15H19ClN2O3. The molecule has 114 valence electrons. The largest absolute Gasteiger partial charge is 0.480 e. The number of nitrogens with zero attached hydrogens (tertiary/aromatic N) is 1. The molecule has 0 saturated heterocycles. The number of carboxylic acid groups (broad SMARTS) is 1. The molecule has 0 saturated carbocycles. The molecule has 1 rings (SSSR count). The number of hydrogen-bond acceptors (Lipinski definition) is 3. The highest BCUT2D eigenvalue weighted by Gasteiger charge is 2.15. The Morgan fingerprint density at radius 1 is 1.38 bits per heavy atom. The number of carboxylic acids is 1. The van der Waals surface area contributed by atoms with E-state index < -0.39 is 5.97 Å². The number of rotatable bonds is 7. The maximum absolute atomic E-state index is 12.0. The number of nitrogens with one attached hydrogen (secondary N) is 1. The summed E-state index contributed by atoms with van der Waals surface area (Å²) in [6.07, 6.45) is 1.56. The van der Waals surface area contributed by atoms with E-state index in [1.807, 2.05) is 19.9 Å². The normalized spacial score (nSPS) is 10.5. The Morgan fingerprint density at radius 2 is 2.05 bits per heavy atom. The van der Waals surface area contributed by atoms with Crippen LogP contribution in [0.3, 0.4) is 0 Å².